The topological polar surface area (TPSA) is 72.3 Å². The molecule has 7 heteroatoms. The van der Waals surface area contributed by atoms with Gasteiger partial charge < -0.3 is 10.1 Å². The average molecular weight is 361 g/mol. The van der Waals surface area contributed by atoms with Crippen LogP contribution in [0, 0.1) is 11.8 Å². The summed E-state index contributed by atoms with van der Waals surface area (Å²) < 4.78 is 7.04. The van der Waals surface area contributed by atoms with Crippen LogP contribution in [0.1, 0.15) is 50.6 Å². The van der Waals surface area contributed by atoms with Gasteiger partial charge in [0.2, 0.25) is 5.91 Å². The van der Waals surface area contributed by atoms with Gasteiger partial charge in [-0.15, -0.1) is 5.10 Å². The van der Waals surface area contributed by atoms with Gasteiger partial charge in [0.05, 0.1) is 25.3 Å². The average Bonchev–Trinajstić information content (AvgIpc) is 3.10. The van der Waals surface area contributed by atoms with E-state index in [9.17, 15) is 4.79 Å². The molecule has 1 aromatic rings. The fourth-order valence-corrected chi connectivity index (χ4v) is 5.04. The largest absolute Gasteiger partial charge is 0.378 e. The minimum absolute atomic E-state index is 0.168. The van der Waals surface area contributed by atoms with Crippen molar-refractivity contribution in [1.82, 2.24) is 25.2 Å². The van der Waals surface area contributed by atoms with E-state index < -0.39 is 0 Å². The molecular weight excluding hydrogens is 330 g/mol. The van der Waals surface area contributed by atoms with Crippen molar-refractivity contribution in [2.45, 2.75) is 70.2 Å². The zero-order valence-corrected chi connectivity index (χ0v) is 15.8. The van der Waals surface area contributed by atoms with Gasteiger partial charge in [0.25, 0.3) is 0 Å². The molecule has 1 amide bonds. The molecule has 1 aliphatic carbocycles. The first-order chi connectivity index (χ1) is 12.7. The SMILES string of the molecule is COCc1cn(C[C@@H]2C[C@@H]3CCN2C[C@@H]3C(=O)NC2CCCCC2)nn1. The molecule has 3 saturated heterocycles. The summed E-state index contributed by atoms with van der Waals surface area (Å²) in [6.45, 7) is 3.35. The van der Waals surface area contributed by atoms with Crippen molar-refractivity contribution in [3.63, 3.8) is 0 Å². The van der Waals surface area contributed by atoms with Gasteiger partial charge in [-0.2, -0.15) is 0 Å². The van der Waals surface area contributed by atoms with Gasteiger partial charge in [-0.05, 0) is 38.1 Å². The van der Waals surface area contributed by atoms with Crippen LogP contribution in [0.15, 0.2) is 6.20 Å². The van der Waals surface area contributed by atoms with Crippen LogP contribution in [-0.4, -0.2) is 58.1 Å². The smallest absolute Gasteiger partial charge is 0.224 e. The Bertz CT molecular complexity index is 613. The summed E-state index contributed by atoms with van der Waals surface area (Å²) in [6.07, 6.45) is 10.4. The number of nitrogens with one attached hydrogen (secondary N) is 1. The Hall–Kier alpha value is -1.47. The van der Waals surface area contributed by atoms with E-state index in [1.165, 1.54) is 19.3 Å². The Morgan fingerprint density at radius 2 is 2.15 bits per heavy atom. The second-order valence-electron chi connectivity index (χ2n) is 8.25. The third-order valence-electron chi connectivity index (χ3n) is 6.44. The first-order valence-electron chi connectivity index (χ1n) is 10.2. The molecule has 1 unspecified atom stereocenters. The highest BCUT2D eigenvalue weighted by atomic mass is 16.5. The molecule has 4 atom stereocenters. The van der Waals surface area contributed by atoms with Crippen molar-refractivity contribution in [1.29, 1.82) is 0 Å². The molecular formula is C19H31N5O2. The number of nitrogens with zero attached hydrogens (tertiary/aromatic N) is 4. The van der Waals surface area contributed by atoms with E-state index in [2.05, 4.69) is 20.5 Å². The van der Waals surface area contributed by atoms with E-state index in [1.54, 1.807) is 7.11 Å². The van der Waals surface area contributed by atoms with Crippen LogP contribution in [0.2, 0.25) is 0 Å². The summed E-state index contributed by atoms with van der Waals surface area (Å²) in [5.74, 6) is 0.977. The summed E-state index contributed by atoms with van der Waals surface area (Å²) in [6, 6.07) is 0.876. The van der Waals surface area contributed by atoms with Gasteiger partial charge in [0, 0.05) is 25.7 Å². The predicted octanol–water partition coefficient (Wildman–Crippen LogP) is 1.58. The Morgan fingerprint density at radius 1 is 1.31 bits per heavy atom. The fourth-order valence-electron chi connectivity index (χ4n) is 5.04. The number of rotatable bonds is 6. The predicted molar refractivity (Wildman–Crippen MR) is 97.3 cm³/mol. The monoisotopic (exact) mass is 361 g/mol. The summed E-state index contributed by atoms with van der Waals surface area (Å²) in [4.78, 5) is 15.3. The molecule has 2 bridgehead atoms. The van der Waals surface area contributed by atoms with Gasteiger partial charge in [-0.1, -0.05) is 24.5 Å². The Kier molecular flexibility index (Phi) is 5.55. The molecule has 7 nitrogen and oxygen atoms in total. The van der Waals surface area contributed by atoms with E-state index in [1.807, 2.05) is 10.9 Å². The summed E-state index contributed by atoms with van der Waals surface area (Å²) >= 11 is 0. The molecule has 0 aromatic carbocycles. The van der Waals surface area contributed by atoms with E-state index >= 15 is 0 Å². The maximum Gasteiger partial charge on any atom is 0.224 e. The molecule has 1 N–H and O–H groups in total. The maximum absolute atomic E-state index is 12.8. The first kappa shape index (κ1) is 17.9. The van der Waals surface area contributed by atoms with Gasteiger partial charge in [-0.3, -0.25) is 14.4 Å². The number of carbonyl (C=O) groups excluding carboxylic acids is 1. The lowest BCUT2D eigenvalue weighted by atomic mass is 9.75. The van der Waals surface area contributed by atoms with Crippen molar-refractivity contribution in [2.75, 3.05) is 20.2 Å². The second-order valence-corrected chi connectivity index (χ2v) is 8.25. The molecule has 1 saturated carbocycles. The standard InChI is InChI=1S/C19H31N5O2/c1-26-13-16-10-24(22-21-16)11-17-9-14-7-8-23(17)12-18(14)19(25)20-15-5-3-2-4-6-15/h10,14-15,17-18H,2-9,11-13H2,1H3,(H,20,25)/t14-,17-,18-/m0/s1. The number of piperidine rings is 3. The van der Waals surface area contributed by atoms with Gasteiger partial charge >= 0.3 is 0 Å². The molecule has 0 spiro atoms. The maximum atomic E-state index is 12.8. The quantitative estimate of drug-likeness (QED) is 0.833. The van der Waals surface area contributed by atoms with Crippen molar-refractivity contribution < 1.29 is 9.53 Å². The van der Waals surface area contributed by atoms with Crippen molar-refractivity contribution >= 4 is 5.91 Å². The van der Waals surface area contributed by atoms with Crippen LogP contribution in [0.25, 0.3) is 0 Å². The molecule has 0 radical (unpaired) electrons. The minimum atomic E-state index is 0.168. The molecule has 3 aliphatic heterocycles. The van der Waals surface area contributed by atoms with Gasteiger partial charge in [0.1, 0.15) is 5.69 Å². The number of hydrogen-bond acceptors (Lipinski definition) is 5. The molecule has 4 heterocycles. The Balaban J connectivity index is 1.32. The molecule has 1 aromatic heterocycles. The number of hydrogen-bond donors (Lipinski definition) is 1. The van der Waals surface area contributed by atoms with Crippen LogP contribution in [0.5, 0.6) is 0 Å². The first-order valence-corrected chi connectivity index (χ1v) is 10.2. The van der Waals surface area contributed by atoms with Crippen LogP contribution < -0.4 is 5.32 Å². The highest BCUT2D eigenvalue weighted by Gasteiger charge is 2.43. The number of fused-ring (bicyclic) bond motifs is 3. The lowest BCUT2D eigenvalue weighted by molar-refractivity contribution is -0.134. The van der Waals surface area contributed by atoms with Crippen LogP contribution >= 0.6 is 0 Å². The normalized spacial score (nSPS) is 31.9. The zero-order valence-electron chi connectivity index (χ0n) is 15.8. The van der Waals surface area contributed by atoms with E-state index in [4.69, 9.17) is 4.74 Å². The highest BCUT2D eigenvalue weighted by Crippen LogP contribution is 2.37. The number of amides is 1. The number of methoxy groups -OCH3 is 1. The van der Waals surface area contributed by atoms with Gasteiger partial charge in [0.15, 0.2) is 0 Å². The highest BCUT2D eigenvalue weighted by molar-refractivity contribution is 5.79. The van der Waals surface area contributed by atoms with Crippen molar-refractivity contribution in [3.05, 3.63) is 11.9 Å². The van der Waals surface area contributed by atoms with Crippen molar-refractivity contribution in [3.8, 4) is 0 Å². The minimum Gasteiger partial charge on any atom is -0.378 e. The lowest BCUT2D eigenvalue weighted by Gasteiger charge is -2.49. The Morgan fingerprint density at radius 3 is 2.88 bits per heavy atom. The van der Waals surface area contributed by atoms with Crippen LogP contribution in [0.4, 0.5) is 0 Å². The number of carbonyl (C=O) groups is 1. The lowest BCUT2D eigenvalue weighted by Crippen LogP contribution is -2.58. The van der Waals surface area contributed by atoms with E-state index in [0.29, 0.717) is 30.5 Å². The second kappa shape index (κ2) is 8.05. The molecule has 4 fully saturated rings. The molecule has 26 heavy (non-hydrogen) atoms. The number of aromatic nitrogens is 3. The molecule has 5 rings (SSSR count). The van der Waals surface area contributed by atoms with Gasteiger partial charge in [-0.25, -0.2) is 0 Å². The van der Waals surface area contributed by atoms with E-state index in [0.717, 1.165) is 51.0 Å². The summed E-state index contributed by atoms with van der Waals surface area (Å²) in [5.41, 5.74) is 0.869. The third-order valence-corrected chi connectivity index (χ3v) is 6.44. The Labute approximate surface area is 155 Å². The third kappa shape index (κ3) is 3.93. The van der Waals surface area contributed by atoms with Crippen LogP contribution in [0.3, 0.4) is 0 Å². The number of ether oxygens (including phenoxy) is 1. The summed E-state index contributed by atoms with van der Waals surface area (Å²) in [5, 5.41) is 11.7. The molecule has 144 valence electrons. The zero-order chi connectivity index (χ0) is 17.9. The van der Waals surface area contributed by atoms with Crippen molar-refractivity contribution in [2.24, 2.45) is 11.8 Å². The molecule has 4 aliphatic rings. The summed E-state index contributed by atoms with van der Waals surface area (Å²) in [7, 11) is 1.67. The van der Waals surface area contributed by atoms with Crippen LogP contribution in [-0.2, 0) is 22.7 Å². The fraction of sp³-hybridized carbons (Fsp3) is 0.842. The van der Waals surface area contributed by atoms with E-state index in [-0.39, 0.29) is 5.92 Å².